The Bertz CT molecular complexity index is 131. The molecule has 0 spiro atoms. The number of rotatable bonds is 1. The van der Waals surface area contributed by atoms with E-state index >= 15 is 0 Å². The van der Waals surface area contributed by atoms with Gasteiger partial charge in [0, 0.05) is 6.61 Å². The van der Waals surface area contributed by atoms with Crippen molar-refractivity contribution in [2.24, 2.45) is 23.7 Å². The average molecular weight is 140 g/mol. The summed E-state index contributed by atoms with van der Waals surface area (Å²) >= 11 is 0. The van der Waals surface area contributed by atoms with Gasteiger partial charge in [-0.15, -0.1) is 0 Å². The molecule has 2 aliphatic carbocycles. The van der Waals surface area contributed by atoms with Crippen molar-refractivity contribution in [2.45, 2.75) is 26.2 Å². The molecule has 1 heteroatoms. The fourth-order valence-electron chi connectivity index (χ4n) is 3.01. The van der Waals surface area contributed by atoms with E-state index in [1.165, 1.54) is 19.3 Å². The maximum Gasteiger partial charge on any atom is 0.0464 e. The molecule has 0 saturated heterocycles. The number of aliphatic hydroxyl groups excluding tert-OH is 1. The number of fused-ring (bicyclic) bond motifs is 2. The third-order valence-electron chi connectivity index (χ3n) is 3.75. The quantitative estimate of drug-likeness (QED) is 0.587. The van der Waals surface area contributed by atoms with Crippen LogP contribution in [0.3, 0.4) is 0 Å². The van der Waals surface area contributed by atoms with Crippen molar-refractivity contribution in [1.29, 1.82) is 0 Å². The van der Waals surface area contributed by atoms with Gasteiger partial charge in [-0.2, -0.15) is 0 Å². The van der Waals surface area contributed by atoms with E-state index < -0.39 is 0 Å². The summed E-state index contributed by atoms with van der Waals surface area (Å²) in [5.74, 6) is 3.30. The first-order chi connectivity index (χ1) is 4.83. The Morgan fingerprint density at radius 1 is 1.30 bits per heavy atom. The van der Waals surface area contributed by atoms with Gasteiger partial charge in [0.05, 0.1) is 0 Å². The maximum absolute atomic E-state index is 9.06. The first kappa shape index (κ1) is 6.66. The summed E-state index contributed by atoms with van der Waals surface area (Å²) in [5.41, 5.74) is 0. The van der Waals surface area contributed by atoms with Gasteiger partial charge in [0.2, 0.25) is 0 Å². The van der Waals surface area contributed by atoms with Crippen molar-refractivity contribution in [3.63, 3.8) is 0 Å². The summed E-state index contributed by atoms with van der Waals surface area (Å²) in [5, 5.41) is 9.06. The van der Waals surface area contributed by atoms with E-state index in [1.807, 2.05) is 0 Å². The van der Waals surface area contributed by atoms with Crippen molar-refractivity contribution in [3.8, 4) is 0 Å². The minimum absolute atomic E-state index is 0.433. The van der Waals surface area contributed by atoms with Crippen LogP contribution >= 0.6 is 0 Å². The Hall–Kier alpha value is -0.0400. The second-order valence-electron chi connectivity index (χ2n) is 4.04. The highest BCUT2D eigenvalue weighted by molar-refractivity contribution is 4.93. The summed E-state index contributed by atoms with van der Waals surface area (Å²) in [7, 11) is 0. The second-order valence-corrected chi connectivity index (χ2v) is 4.04. The van der Waals surface area contributed by atoms with Crippen LogP contribution in [0.4, 0.5) is 0 Å². The molecule has 0 aromatic heterocycles. The van der Waals surface area contributed by atoms with Gasteiger partial charge in [-0.25, -0.2) is 0 Å². The van der Waals surface area contributed by atoms with E-state index in [2.05, 4.69) is 6.92 Å². The lowest BCUT2D eigenvalue weighted by Crippen LogP contribution is -2.22. The van der Waals surface area contributed by atoms with Gasteiger partial charge in [-0.3, -0.25) is 0 Å². The van der Waals surface area contributed by atoms with E-state index in [1.54, 1.807) is 0 Å². The molecule has 2 unspecified atom stereocenters. The molecule has 1 nitrogen and oxygen atoms in total. The van der Waals surface area contributed by atoms with Gasteiger partial charge in [0.25, 0.3) is 0 Å². The lowest BCUT2D eigenvalue weighted by molar-refractivity contribution is 0.134. The van der Waals surface area contributed by atoms with Gasteiger partial charge in [-0.05, 0) is 42.9 Å². The highest BCUT2D eigenvalue weighted by Crippen LogP contribution is 2.51. The molecule has 2 bridgehead atoms. The van der Waals surface area contributed by atoms with Gasteiger partial charge in [-0.1, -0.05) is 6.92 Å². The molecule has 0 aliphatic heterocycles. The molecule has 0 radical (unpaired) electrons. The third kappa shape index (κ3) is 0.731. The standard InChI is InChI=1S/C9H16O/c1-6-7-2-3-8(4-7)9(6)5-10/h6-10H,2-5H2,1H3/t6-,7?,8?,9-/m1/s1. The normalized spacial score (nSPS) is 52.2. The van der Waals surface area contributed by atoms with Gasteiger partial charge >= 0.3 is 0 Å². The predicted molar refractivity (Wildman–Crippen MR) is 40.6 cm³/mol. The van der Waals surface area contributed by atoms with Crippen LogP contribution in [0.1, 0.15) is 26.2 Å². The SMILES string of the molecule is C[C@@H]1C2CCC(C2)[C@@H]1CO. The zero-order chi connectivity index (χ0) is 7.14. The monoisotopic (exact) mass is 140 g/mol. The molecule has 2 saturated carbocycles. The summed E-state index contributed by atoms with van der Waals surface area (Å²) < 4.78 is 0. The first-order valence-electron chi connectivity index (χ1n) is 4.43. The summed E-state index contributed by atoms with van der Waals surface area (Å²) in [6.45, 7) is 2.74. The Kier molecular flexibility index (Phi) is 1.48. The molecule has 58 valence electrons. The molecule has 0 heterocycles. The van der Waals surface area contributed by atoms with Crippen LogP contribution in [-0.4, -0.2) is 11.7 Å². The number of hydrogen-bond acceptors (Lipinski definition) is 1. The average Bonchev–Trinajstić information content (AvgIpc) is 2.46. The van der Waals surface area contributed by atoms with E-state index in [9.17, 15) is 0 Å². The molecule has 4 atom stereocenters. The Balaban J connectivity index is 2.10. The molecule has 2 aliphatic rings. The maximum atomic E-state index is 9.06. The molecule has 10 heavy (non-hydrogen) atoms. The zero-order valence-electron chi connectivity index (χ0n) is 6.59. The molecule has 0 aromatic rings. The largest absolute Gasteiger partial charge is 0.396 e. The summed E-state index contributed by atoms with van der Waals surface area (Å²) in [6, 6.07) is 0. The van der Waals surface area contributed by atoms with Crippen LogP contribution in [0.25, 0.3) is 0 Å². The molecule has 2 fully saturated rings. The van der Waals surface area contributed by atoms with Crippen LogP contribution in [0.2, 0.25) is 0 Å². The lowest BCUT2D eigenvalue weighted by atomic mass is 9.81. The number of aliphatic hydroxyl groups is 1. The second kappa shape index (κ2) is 2.23. The van der Waals surface area contributed by atoms with Crippen LogP contribution in [0.15, 0.2) is 0 Å². The molecule has 0 aromatic carbocycles. The Morgan fingerprint density at radius 2 is 2.00 bits per heavy atom. The molecular weight excluding hydrogens is 124 g/mol. The van der Waals surface area contributed by atoms with Crippen molar-refractivity contribution in [2.75, 3.05) is 6.61 Å². The van der Waals surface area contributed by atoms with E-state index in [0.29, 0.717) is 12.5 Å². The van der Waals surface area contributed by atoms with Crippen LogP contribution in [0.5, 0.6) is 0 Å². The Labute approximate surface area is 62.4 Å². The molecular formula is C9H16O. The highest BCUT2D eigenvalue weighted by atomic mass is 16.3. The summed E-state index contributed by atoms with van der Waals surface area (Å²) in [4.78, 5) is 0. The molecule has 1 N–H and O–H groups in total. The van der Waals surface area contributed by atoms with Crippen molar-refractivity contribution < 1.29 is 5.11 Å². The van der Waals surface area contributed by atoms with Crippen LogP contribution in [0, 0.1) is 23.7 Å². The van der Waals surface area contributed by atoms with E-state index in [-0.39, 0.29) is 0 Å². The van der Waals surface area contributed by atoms with E-state index in [4.69, 9.17) is 5.11 Å². The fraction of sp³-hybridized carbons (Fsp3) is 1.00. The minimum atomic E-state index is 0.433. The van der Waals surface area contributed by atoms with Crippen molar-refractivity contribution in [3.05, 3.63) is 0 Å². The highest BCUT2D eigenvalue weighted by Gasteiger charge is 2.44. The van der Waals surface area contributed by atoms with Crippen LogP contribution < -0.4 is 0 Å². The smallest absolute Gasteiger partial charge is 0.0464 e. The Morgan fingerprint density at radius 3 is 2.40 bits per heavy atom. The zero-order valence-corrected chi connectivity index (χ0v) is 6.59. The van der Waals surface area contributed by atoms with Crippen molar-refractivity contribution >= 4 is 0 Å². The summed E-state index contributed by atoms with van der Waals surface area (Å²) in [6.07, 6.45) is 4.23. The first-order valence-corrected chi connectivity index (χ1v) is 4.43. The fourth-order valence-corrected chi connectivity index (χ4v) is 3.01. The molecule has 0 amide bonds. The van der Waals surface area contributed by atoms with Crippen LogP contribution in [-0.2, 0) is 0 Å². The molecule has 2 rings (SSSR count). The van der Waals surface area contributed by atoms with Gasteiger partial charge in [0.15, 0.2) is 0 Å². The van der Waals surface area contributed by atoms with Gasteiger partial charge in [0.1, 0.15) is 0 Å². The minimum Gasteiger partial charge on any atom is -0.396 e. The lowest BCUT2D eigenvalue weighted by Gasteiger charge is -2.25. The third-order valence-corrected chi connectivity index (χ3v) is 3.75. The van der Waals surface area contributed by atoms with E-state index in [0.717, 1.165) is 17.8 Å². The van der Waals surface area contributed by atoms with Gasteiger partial charge < -0.3 is 5.11 Å². The van der Waals surface area contributed by atoms with Crippen molar-refractivity contribution in [1.82, 2.24) is 0 Å². The topological polar surface area (TPSA) is 20.2 Å². The predicted octanol–water partition coefficient (Wildman–Crippen LogP) is 1.66. The number of hydrogen-bond donors (Lipinski definition) is 1.